The average Bonchev–Trinajstić information content (AvgIpc) is 3.52. The molecule has 1 aliphatic carbocycles. The normalized spacial score (nSPS) is 14.1. The van der Waals surface area contributed by atoms with Crippen LogP contribution in [0.15, 0.2) is 69.9 Å². The molecule has 1 saturated carbocycles. The number of nitrogens with zero attached hydrogens (tertiary/aromatic N) is 1. The number of rotatable bonds is 9. The first-order valence-corrected chi connectivity index (χ1v) is 10.6. The monoisotopic (exact) mass is 421 g/mol. The minimum atomic E-state index is -0.209. The molecule has 0 spiro atoms. The molecule has 2 N–H and O–H groups in total. The Morgan fingerprint density at radius 2 is 1.55 bits per heavy atom. The lowest BCUT2D eigenvalue weighted by atomic mass is 10.1. The molecule has 31 heavy (non-hydrogen) atoms. The van der Waals surface area contributed by atoms with E-state index in [2.05, 4.69) is 10.6 Å². The van der Waals surface area contributed by atoms with Crippen molar-refractivity contribution in [1.82, 2.24) is 10.2 Å². The number of amides is 2. The zero-order valence-corrected chi connectivity index (χ0v) is 17.4. The molecule has 0 aliphatic heterocycles. The summed E-state index contributed by atoms with van der Waals surface area (Å²) >= 11 is 0. The molecule has 162 valence electrons. The molecule has 0 atom stereocenters. The molecule has 1 aliphatic rings. The number of furan rings is 2. The van der Waals surface area contributed by atoms with Crippen LogP contribution in [0.1, 0.15) is 47.6 Å². The second-order valence-electron chi connectivity index (χ2n) is 7.85. The molecule has 7 nitrogen and oxygen atoms in total. The standard InChI is InChI=1S/C24H27N3O4/c28-23(17-27(15-19-9-5-13-30-19)16-20-10-6-14-31-20)26-22-12-4-3-11-21(22)24(29)25-18-7-1-2-8-18/h3-6,9-14,18H,1-2,7-8,15-17H2,(H,25,29)(H,26,28). The van der Waals surface area contributed by atoms with Crippen molar-refractivity contribution in [3.05, 3.63) is 78.1 Å². The Balaban J connectivity index is 1.41. The summed E-state index contributed by atoms with van der Waals surface area (Å²) < 4.78 is 10.9. The Morgan fingerprint density at radius 1 is 0.903 bits per heavy atom. The number of carbonyl (C=O) groups is 2. The van der Waals surface area contributed by atoms with Crippen LogP contribution in [-0.2, 0) is 17.9 Å². The highest BCUT2D eigenvalue weighted by atomic mass is 16.3. The topological polar surface area (TPSA) is 87.7 Å². The van der Waals surface area contributed by atoms with E-state index in [1.54, 1.807) is 30.7 Å². The summed E-state index contributed by atoms with van der Waals surface area (Å²) in [4.78, 5) is 27.5. The van der Waals surface area contributed by atoms with Crippen molar-refractivity contribution in [2.45, 2.75) is 44.8 Å². The fourth-order valence-corrected chi connectivity index (χ4v) is 3.93. The number of para-hydroxylation sites is 1. The fourth-order valence-electron chi connectivity index (χ4n) is 3.93. The minimum Gasteiger partial charge on any atom is -0.468 e. The Morgan fingerprint density at radius 3 is 2.16 bits per heavy atom. The highest BCUT2D eigenvalue weighted by Gasteiger charge is 2.21. The van der Waals surface area contributed by atoms with Gasteiger partial charge < -0.3 is 19.5 Å². The number of carbonyl (C=O) groups excluding carboxylic acids is 2. The maximum atomic E-state index is 12.9. The predicted molar refractivity (Wildman–Crippen MR) is 116 cm³/mol. The molecule has 7 heteroatoms. The van der Waals surface area contributed by atoms with Crippen molar-refractivity contribution < 1.29 is 18.4 Å². The van der Waals surface area contributed by atoms with Gasteiger partial charge in [-0.25, -0.2) is 0 Å². The summed E-state index contributed by atoms with van der Waals surface area (Å²) in [5, 5.41) is 5.99. The first-order valence-electron chi connectivity index (χ1n) is 10.6. The van der Waals surface area contributed by atoms with Gasteiger partial charge in [-0.1, -0.05) is 25.0 Å². The number of nitrogens with one attached hydrogen (secondary N) is 2. The second-order valence-corrected chi connectivity index (χ2v) is 7.85. The molecule has 2 aromatic heterocycles. The second kappa shape index (κ2) is 10.1. The molecule has 3 aromatic rings. The molecule has 1 aromatic carbocycles. The lowest BCUT2D eigenvalue weighted by molar-refractivity contribution is -0.117. The van der Waals surface area contributed by atoms with Crippen LogP contribution in [-0.4, -0.2) is 29.3 Å². The molecule has 4 rings (SSSR count). The first kappa shape index (κ1) is 20.9. The maximum absolute atomic E-state index is 12.9. The summed E-state index contributed by atoms with van der Waals surface area (Å²) in [5.41, 5.74) is 0.991. The van der Waals surface area contributed by atoms with Crippen LogP contribution >= 0.6 is 0 Å². The molecule has 0 radical (unpaired) electrons. The Hall–Kier alpha value is -3.32. The van der Waals surface area contributed by atoms with Gasteiger partial charge in [-0.2, -0.15) is 0 Å². The van der Waals surface area contributed by atoms with Gasteiger partial charge in [0.2, 0.25) is 5.91 Å². The van der Waals surface area contributed by atoms with Crippen molar-refractivity contribution in [3.63, 3.8) is 0 Å². The van der Waals surface area contributed by atoms with Crippen molar-refractivity contribution >= 4 is 17.5 Å². The van der Waals surface area contributed by atoms with E-state index < -0.39 is 0 Å². The van der Waals surface area contributed by atoms with Gasteiger partial charge in [-0.15, -0.1) is 0 Å². The maximum Gasteiger partial charge on any atom is 0.253 e. The minimum absolute atomic E-state index is 0.125. The van der Waals surface area contributed by atoms with Gasteiger partial charge in [0.25, 0.3) is 5.91 Å². The smallest absolute Gasteiger partial charge is 0.253 e. The van der Waals surface area contributed by atoms with Gasteiger partial charge in [-0.3, -0.25) is 14.5 Å². The highest BCUT2D eigenvalue weighted by Crippen LogP contribution is 2.20. The quantitative estimate of drug-likeness (QED) is 0.541. The number of hydrogen-bond donors (Lipinski definition) is 2. The van der Waals surface area contributed by atoms with Crippen LogP contribution in [0.25, 0.3) is 0 Å². The predicted octanol–water partition coefficient (Wildman–Crippen LogP) is 4.19. The van der Waals surface area contributed by atoms with Crippen molar-refractivity contribution in [1.29, 1.82) is 0 Å². The van der Waals surface area contributed by atoms with Crippen LogP contribution in [0, 0.1) is 0 Å². The molecular formula is C24H27N3O4. The molecule has 2 heterocycles. The van der Waals surface area contributed by atoms with Crippen LogP contribution in [0.3, 0.4) is 0 Å². The van der Waals surface area contributed by atoms with Crippen LogP contribution in [0.2, 0.25) is 0 Å². The zero-order valence-electron chi connectivity index (χ0n) is 17.4. The van der Waals surface area contributed by atoms with E-state index in [0.717, 1.165) is 37.2 Å². The Bertz CT molecular complexity index is 940. The van der Waals surface area contributed by atoms with E-state index in [0.29, 0.717) is 24.3 Å². The number of hydrogen-bond acceptors (Lipinski definition) is 5. The molecular weight excluding hydrogens is 394 g/mol. The van der Waals surface area contributed by atoms with E-state index in [1.165, 1.54) is 0 Å². The van der Waals surface area contributed by atoms with Gasteiger partial charge in [-0.05, 0) is 49.2 Å². The fraction of sp³-hybridized carbons (Fsp3) is 0.333. The lowest BCUT2D eigenvalue weighted by Crippen LogP contribution is -2.35. The summed E-state index contributed by atoms with van der Waals surface area (Å²) in [5.74, 6) is 1.16. The molecule has 0 bridgehead atoms. The van der Waals surface area contributed by atoms with E-state index in [1.807, 2.05) is 35.2 Å². The van der Waals surface area contributed by atoms with E-state index in [-0.39, 0.29) is 24.4 Å². The van der Waals surface area contributed by atoms with Gasteiger partial charge in [0.05, 0.1) is 43.4 Å². The summed E-state index contributed by atoms with van der Waals surface area (Å²) in [6.45, 7) is 1.05. The third-order valence-corrected chi connectivity index (χ3v) is 5.42. The van der Waals surface area contributed by atoms with E-state index >= 15 is 0 Å². The van der Waals surface area contributed by atoms with Crippen LogP contribution in [0.4, 0.5) is 5.69 Å². The summed E-state index contributed by atoms with van der Waals surface area (Å²) in [7, 11) is 0. The SMILES string of the molecule is O=C(CN(Cc1ccco1)Cc1ccco1)Nc1ccccc1C(=O)NC1CCCC1. The van der Waals surface area contributed by atoms with Gasteiger partial charge in [0.1, 0.15) is 11.5 Å². The number of anilines is 1. The molecule has 2 amide bonds. The zero-order chi connectivity index (χ0) is 21.5. The summed E-state index contributed by atoms with van der Waals surface area (Å²) in [6.07, 6.45) is 7.53. The average molecular weight is 421 g/mol. The van der Waals surface area contributed by atoms with Crippen molar-refractivity contribution in [3.8, 4) is 0 Å². The van der Waals surface area contributed by atoms with Gasteiger partial charge in [0, 0.05) is 6.04 Å². The molecule has 1 fully saturated rings. The van der Waals surface area contributed by atoms with Gasteiger partial charge in [0.15, 0.2) is 0 Å². The lowest BCUT2D eigenvalue weighted by Gasteiger charge is -2.20. The third kappa shape index (κ3) is 5.86. The Labute approximate surface area is 181 Å². The molecule has 0 saturated heterocycles. The van der Waals surface area contributed by atoms with E-state index in [9.17, 15) is 9.59 Å². The van der Waals surface area contributed by atoms with E-state index in [4.69, 9.17) is 8.83 Å². The summed E-state index contributed by atoms with van der Waals surface area (Å²) in [6, 6.07) is 14.7. The Kier molecular flexibility index (Phi) is 6.84. The largest absolute Gasteiger partial charge is 0.468 e. The van der Waals surface area contributed by atoms with Crippen LogP contribution in [0.5, 0.6) is 0 Å². The molecule has 0 unspecified atom stereocenters. The van der Waals surface area contributed by atoms with Crippen molar-refractivity contribution in [2.75, 3.05) is 11.9 Å². The third-order valence-electron chi connectivity index (χ3n) is 5.42. The van der Waals surface area contributed by atoms with Crippen LogP contribution < -0.4 is 10.6 Å². The first-order chi connectivity index (χ1) is 15.2. The van der Waals surface area contributed by atoms with Gasteiger partial charge >= 0.3 is 0 Å². The van der Waals surface area contributed by atoms with Crippen molar-refractivity contribution in [2.24, 2.45) is 0 Å². The number of benzene rings is 1. The highest BCUT2D eigenvalue weighted by molar-refractivity contribution is 6.04.